The van der Waals surface area contributed by atoms with Gasteiger partial charge in [-0.05, 0) is 25.2 Å². The Morgan fingerprint density at radius 3 is 2.62 bits per heavy atom. The second kappa shape index (κ2) is 3.97. The molecule has 0 amide bonds. The zero-order valence-corrected chi connectivity index (χ0v) is 8.50. The number of aliphatic hydroxyl groups is 1. The summed E-state index contributed by atoms with van der Waals surface area (Å²) < 4.78 is 0. The van der Waals surface area contributed by atoms with E-state index in [2.05, 4.69) is 12.2 Å². The van der Waals surface area contributed by atoms with E-state index < -0.39 is 0 Å². The molecule has 0 aromatic heterocycles. The zero-order chi connectivity index (χ0) is 9.26. The van der Waals surface area contributed by atoms with Crippen molar-refractivity contribution in [3.8, 4) is 0 Å². The Hall–Kier alpha value is -0.0800. The minimum absolute atomic E-state index is 0.0770. The molecule has 0 saturated heterocycles. The van der Waals surface area contributed by atoms with Crippen LogP contribution in [0.25, 0.3) is 0 Å². The van der Waals surface area contributed by atoms with Crippen LogP contribution in [0.15, 0.2) is 0 Å². The van der Waals surface area contributed by atoms with Crippen LogP contribution in [0, 0.1) is 5.92 Å². The van der Waals surface area contributed by atoms with E-state index in [0.29, 0.717) is 6.04 Å². The summed E-state index contributed by atoms with van der Waals surface area (Å²) in [6, 6.07) is 1.12. The molecule has 0 spiro atoms. The average molecular weight is 183 g/mol. The van der Waals surface area contributed by atoms with Crippen molar-refractivity contribution in [3.05, 3.63) is 0 Å². The summed E-state index contributed by atoms with van der Waals surface area (Å²) in [6.07, 6.45) is 7.22. The molecule has 2 rings (SSSR count). The highest BCUT2D eigenvalue weighted by Gasteiger charge is 2.38. The van der Waals surface area contributed by atoms with E-state index in [4.69, 9.17) is 0 Å². The van der Waals surface area contributed by atoms with Gasteiger partial charge in [-0.1, -0.05) is 26.2 Å². The van der Waals surface area contributed by atoms with Gasteiger partial charge in [-0.3, -0.25) is 0 Å². The number of aliphatic hydroxyl groups excluding tert-OH is 1. The fraction of sp³-hybridized carbons (Fsp3) is 1.00. The lowest BCUT2D eigenvalue weighted by molar-refractivity contribution is 0.0894. The molecule has 4 atom stereocenters. The van der Waals surface area contributed by atoms with E-state index in [1.807, 2.05) is 0 Å². The van der Waals surface area contributed by atoms with Gasteiger partial charge < -0.3 is 10.4 Å². The third-order valence-corrected chi connectivity index (χ3v) is 3.60. The van der Waals surface area contributed by atoms with Crippen LogP contribution in [-0.2, 0) is 0 Å². The number of hydrogen-bond donors (Lipinski definition) is 2. The molecule has 4 unspecified atom stereocenters. The summed E-state index contributed by atoms with van der Waals surface area (Å²) in [5, 5.41) is 13.3. The van der Waals surface area contributed by atoms with Gasteiger partial charge in [0.15, 0.2) is 0 Å². The largest absolute Gasteiger partial charge is 0.392 e. The average Bonchev–Trinajstić information content (AvgIpc) is 2.88. The molecule has 0 aliphatic heterocycles. The topological polar surface area (TPSA) is 32.3 Å². The second-order valence-corrected chi connectivity index (χ2v) is 4.64. The van der Waals surface area contributed by atoms with Crippen molar-refractivity contribution in [3.63, 3.8) is 0 Å². The van der Waals surface area contributed by atoms with E-state index in [1.54, 1.807) is 0 Å². The zero-order valence-electron chi connectivity index (χ0n) is 8.50. The SMILES string of the molecule is CCC1CC1NC1CCCCC1O. The van der Waals surface area contributed by atoms with Crippen molar-refractivity contribution >= 4 is 0 Å². The highest BCUT2D eigenvalue weighted by atomic mass is 16.3. The highest BCUT2D eigenvalue weighted by molar-refractivity contribution is 4.96. The quantitative estimate of drug-likeness (QED) is 0.697. The van der Waals surface area contributed by atoms with E-state index in [-0.39, 0.29) is 6.10 Å². The minimum Gasteiger partial charge on any atom is -0.392 e. The molecule has 0 heterocycles. The Labute approximate surface area is 80.7 Å². The van der Waals surface area contributed by atoms with Gasteiger partial charge in [0, 0.05) is 12.1 Å². The fourth-order valence-corrected chi connectivity index (χ4v) is 2.48. The Morgan fingerprint density at radius 2 is 2.00 bits per heavy atom. The maximum absolute atomic E-state index is 9.74. The van der Waals surface area contributed by atoms with Crippen molar-refractivity contribution in [2.24, 2.45) is 5.92 Å². The molecule has 0 radical (unpaired) electrons. The smallest absolute Gasteiger partial charge is 0.0693 e. The summed E-state index contributed by atoms with van der Waals surface area (Å²) in [5.74, 6) is 0.897. The first-order chi connectivity index (χ1) is 6.31. The van der Waals surface area contributed by atoms with Crippen molar-refractivity contribution in [1.82, 2.24) is 5.32 Å². The Morgan fingerprint density at radius 1 is 1.23 bits per heavy atom. The van der Waals surface area contributed by atoms with Crippen LogP contribution in [0.4, 0.5) is 0 Å². The summed E-state index contributed by atoms with van der Waals surface area (Å²) in [7, 11) is 0. The maximum Gasteiger partial charge on any atom is 0.0693 e. The molecule has 0 aromatic rings. The predicted molar refractivity (Wildman–Crippen MR) is 53.6 cm³/mol. The van der Waals surface area contributed by atoms with E-state index in [0.717, 1.165) is 18.4 Å². The monoisotopic (exact) mass is 183 g/mol. The molecule has 2 aliphatic rings. The number of nitrogens with one attached hydrogen (secondary N) is 1. The van der Waals surface area contributed by atoms with Crippen molar-refractivity contribution in [2.75, 3.05) is 0 Å². The van der Waals surface area contributed by atoms with Gasteiger partial charge in [-0.2, -0.15) is 0 Å². The highest BCUT2D eigenvalue weighted by Crippen LogP contribution is 2.34. The van der Waals surface area contributed by atoms with Crippen LogP contribution < -0.4 is 5.32 Å². The van der Waals surface area contributed by atoms with E-state index >= 15 is 0 Å². The molecule has 2 heteroatoms. The molecule has 2 nitrogen and oxygen atoms in total. The van der Waals surface area contributed by atoms with Crippen LogP contribution in [0.3, 0.4) is 0 Å². The van der Waals surface area contributed by atoms with Gasteiger partial charge >= 0.3 is 0 Å². The minimum atomic E-state index is -0.0770. The summed E-state index contributed by atoms with van der Waals surface area (Å²) in [5.41, 5.74) is 0. The number of rotatable bonds is 3. The first-order valence-corrected chi connectivity index (χ1v) is 5.75. The molecule has 2 N–H and O–H groups in total. The normalized spacial score (nSPS) is 44.8. The summed E-state index contributed by atoms with van der Waals surface area (Å²) in [4.78, 5) is 0. The molecular formula is C11H21NO. The molecule has 2 fully saturated rings. The molecule has 2 aliphatic carbocycles. The molecular weight excluding hydrogens is 162 g/mol. The van der Waals surface area contributed by atoms with Crippen LogP contribution in [0.1, 0.15) is 45.4 Å². The lowest BCUT2D eigenvalue weighted by Crippen LogP contribution is -2.43. The maximum atomic E-state index is 9.74. The molecule has 2 saturated carbocycles. The van der Waals surface area contributed by atoms with E-state index in [9.17, 15) is 5.11 Å². The standard InChI is InChI=1S/C11H21NO/c1-2-8-7-10(8)12-9-5-3-4-6-11(9)13/h8-13H,2-7H2,1H3. The van der Waals surface area contributed by atoms with Crippen molar-refractivity contribution in [2.45, 2.75) is 63.6 Å². The summed E-state index contributed by atoms with van der Waals surface area (Å²) >= 11 is 0. The lowest BCUT2D eigenvalue weighted by atomic mass is 9.92. The van der Waals surface area contributed by atoms with Gasteiger partial charge in [0.1, 0.15) is 0 Å². The van der Waals surface area contributed by atoms with Crippen LogP contribution in [-0.4, -0.2) is 23.3 Å². The van der Waals surface area contributed by atoms with Gasteiger partial charge in [0.25, 0.3) is 0 Å². The third-order valence-electron chi connectivity index (χ3n) is 3.60. The summed E-state index contributed by atoms with van der Waals surface area (Å²) in [6.45, 7) is 2.25. The predicted octanol–water partition coefficient (Wildman–Crippen LogP) is 1.68. The number of hydrogen-bond acceptors (Lipinski definition) is 2. The third kappa shape index (κ3) is 2.23. The van der Waals surface area contributed by atoms with Crippen molar-refractivity contribution < 1.29 is 5.11 Å². The molecule has 0 aromatic carbocycles. The molecule has 76 valence electrons. The van der Waals surface area contributed by atoms with E-state index in [1.165, 1.54) is 32.1 Å². The van der Waals surface area contributed by atoms with Crippen LogP contribution in [0.2, 0.25) is 0 Å². The lowest BCUT2D eigenvalue weighted by Gasteiger charge is -2.28. The van der Waals surface area contributed by atoms with Gasteiger partial charge in [-0.15, -0.1) is 0 Å². The van der Waals surface area contributed by atoms with Crippen molar-refractivity contribution in [1.29, 1.82) is 0 Å². The molecule has 0 bridgehead atoms. The Kier molecular flexibility index (Phi) is 2.89. The first kappa shape index (κ1) is 9.47. The van der Waals surface area contributed by atoms with Gasteiger partial charge in [-0.25, -0.2) is 0 Å². The fourth-order valence-electron chi connectivity index (χ4n) is 2.48. The Balaban J connectivity index is 1.74. The molecule has 13 heavy (non-hydrogen) atoms. The van der Waals surface area contributed by atoms with Crippen LogP contribution in [0.5, 0.6) is 0 Å². The second-order valence-electron chi connectivity index (χ2n) is 4.64. The van der Waals surface area contributed by atoms with Crippen LogP contribution >= 0.6 is 0 Å². The first-order valence-electron chi connectivity index (χ1n) is 5.75. The van der Waals surface area contributed by atoms with Gasteiger partial charge in [0.2, 0.25) is 0 Å². The van der Waals surface area contributed by atoms with Gasteiger partial charge in [0.05, 0.1) is 6.10 Å². The Bertz CT molecular complexity index is 171.